The van der Waals surface area contributed by atoms with Crippen LogP contribution < -0.4 is 10.6 Å². The Labute approximate surface area is 101 Å². The number of halogens is 1. The van der Waals surface area contributed by atoms with E-state index in [1.54, 1.807) is 12.4 Å². The summed E-state index contributed by atoms with van der Waals surface area (Å²) in [5.41, 5.74) is 5.95. The number of piperidine rings is 1. The van der Waals surface area contributed by atoms with Crippen LogP contribution in [0.1, 0.15) is 19.8 Å². The maximum Gasteiger partial charge on any atom is 0.149 e. The van der Waals surface area contributed by atoms with Crippen molar-refractivity contribution in [3.63, 3.8) is 0 Å². The molecule has 1 aliphatic heterocycles. The fraction of sp³-hybridized carbons (Fsp3) is 0.636. The Morgan fingerprint density at radius 3 is 3.06 bits per heavy atom. The third-order valence-corrected chi connectivity index (χ3v) is 3.30. The fourth-order valence-corrected chi connectivity index (χ4v) is 2.28. The van der Waals surface area contributed by atoms with Gasteiger partial charge in [-0.15, -0.1) is 0 Å². The van der Waals surface area contributed by atoms with Crippen LogP contribution in [0, 0.1) is 5.92 Å². The number of rotatable bonds is 2. The Morgan fingerprint density at radius 1 is 1.56 bits per heavy atom. The molecule has 0 aliphatic carbocycles. The van der Waals surface area contributed by atoms with Crippen molar-refractivity contribution >= 4 is 17.4 Å². The van der Waals surface area contributed by atoms with Crippen molar-refractivity contribution in [2.75, 3.05) is 18.0 Å². The number of aromatic nitrogens is 2. The first-order valence-corrected chi connectivity index (χ1v) is 6.02. The monoisotopic (exact) mass is 240 g/mol. The normalized spacial score (nSPS) is 23.2. The van der Waals surface area contributed by atoms with Gasteiger partial charge in [-0.1, -0.05) is 11.6 Å². The topological polar surface area (TPSA) is 55.0 Å². The van der Waals surface area contributed by atoms with Crippen LogP contribution in [-0.2, 0) is 0 Å². The lowest BCUT2D eigenvalue weighted by Crippen LogP contribution is -2.42. The number of hydrogen-bond acceptors (Lipinski definition) is 4. The molecule has 5 heteroatoms. The first-order chi connectivity index (χ1) is 7.66. The quantitative estimate of drug-likeness (QED) is 0.855. The van der Waals surface area contributed by atoms with Crippen LogP contribution in [0.2, 0.25) is 5.15 Å². The first-order valence-electron chi connectivity index (χ1n) is 5.65. The lowest BCUT2D eigenvalue weighted by molar-refractivity contribution is 0.363. The molecule has 0 spiro atoms. The van der Waals surface area contributed by atoms with Gasteiger partial charge in [-0.3, -0.25) is 4.98 Å². The first kappa shape index (κ1) is 11.6. The standard InChI is InChI=1S/C11H17ClN4/c1-8(13)9-3-2-4-16(7-9)11-6-14-5-10(12)15-11/h5-6,8-9H,2-4,7,13H2,1H3. The summed E-state index contributed by atoms with van der Waals surface area (Å²) in [5, 5.41) is 0.445. The van der Waals surface area contributed by atoms with Crippen LogP contribution in [0.3, 0.4) is 0 Å². The molecule has 2 rings (SSSR count). The van der Waals surface area contributed by atoms with Gasteiger partial charge in [0.05, 0.1) is 12.4 Å². The second kappa shape index (κ2) is 4.97. The zero-order valence-electron chi connectivity index (χ0n) is 9.43. The fourth-order valence-electron chi connectivity index (χ4n) is 2.13. The molecule has 1 aromatic heterocycles. The predicted molar refractivity (Wildman–Crippen MR) is 65.6 cm³/mol. The molecule has 2 unspecified atom stereocenters. The maximum absolute atomic E-state index is 5.95. The van der Waals surface area contributed by atoms with Gasteiger partial charge in [0.15, 0.2) is 0 Å². The highest BCUT2D eigenvalue weighted by Crippen LogP contribution is 2.23. The summed E-state index contributed by atoms with van der Waals surface area (Å²) in [6.07, 6.45) is 5.66. The highest BCUT2D eigenvalue weighted by molar-refractivity contribution is 6.29. The number of nitrogens with two attached hydrogens (primary N) is 1. The summed E-state index contributed by atoms with van der Waals surface area (Å²) in [4.78, 5) is 10.6. The number of nitrogens with zero attached hydrogens (tertiary/aromatic N) is 3. The molecule has 1 aromatic rings. The molecule has 0 bridgehead atoms. The molecule has 1 fully saturated rings. The zero-order valence-corrected chi connectivity index (χ0v) is 10.2. The van der Waals surface area contributed by atoms with Gasteiger partial charge in [0, 0.05) is 19.1 Å². The van der Waals surface area contributed by atoms with E-state index in [4.69, 9.17) is 17.3 Å². The Hall–Kier alpha value is -0.870. The minimum atomic E-state index is 0.231. The summed E-state index contributed by atoms with van der Waals surface area (Å²) in [5.74, 6) is 1.40. The maximum atomic E-state index is 5.95. The summed E-state index contributed by atoms with van der Waals surface area (Å²) in [7, 11) is 0. The minimum absolute atomic E-state index is 0.231. The third kappa shape index (κ3) is 2.62. The van der Waals surface area contributed by atoms with Gasteiger partial charge in [-0.05, 0) is 25.7 Å². The highest BCUT2D eigenvalue weighted by Gasteiger charge is 2.23. The van der Waals surface area contributed by atoms with E-state index in [0.29, 0.717) is 11.1 Å². The van der Waals surface area contributed by atoms with E-state index in [1.165, 1.54) is 6.42 Å². The number of hydrogen-bond donors (Lipinski definition) is 1. The van der Waals surface area contributed by atoms with Crippen molar-refractivity contribution in [1.82, 2.24) is 9.97 Å². The van der Waals surface area contributed by atoms with Crippen LogP contribution in [0.4, 0.5) is 5.82 Å². The van der Waals surface area contributed by atoms with E-state index in [0.717, 1.165) is 25.3 Å². The van der Waals surface area contributed by atoms with Gasteiger partial charge < -0.3 is 10.6 Å². The average Bonchev–Trinajstić information content (AvgIpc) is 2.29. The van der Waals surface area contributed by atoms with E-state index >= 15 is 0 Å². The van der Waals surface area contributed by atoms with E-state index in [1.807, 2.05) is 0 Å². The second-order valence-electron chi connectivity index (χ2n) is 4.41. The van der Waals surface area contributed by atoms with E-state index in [9.17, 15) is 0 Å². The van der Waals surface area contributed by atoms with Crippen LogP contribution in [-0.4, -0.2) is 29.1 Å². The predicted octanol–water partition coefficient (Wildman–Crippen LogP) is 1.69. The van der Waals surface area contributed by atoms with E-state index in [-0.39, 0.29) is 6.04 Å². The molecule has 0 radical (unpaired) electrons. The second-order valence-corrected chi connectivity index (χ2v) is 4.79. The Morgan fingerprint density at radius 2 is 2.38 bits per heavy atom. The Kier molecular flexibility index (Phi) is 3.61. The van der Waals surface area contributed by atoms with Crippen molar-refractivity contribution in [2.24, 2.45) is 11.7 Å². The van der Waals surface area contributed by atoms with Gasteiger partial charge in [-0.2, -0.15) is 0 Å². The molecule has 0 amide bonds. The minimum Gasteiger partial charge on any atom is -0.355 e. The van der Waals surface area contributed by atoms with Gasteiger partial charge in [0.1, 0.15) is 11.0 Å². The van der Waals surface area contributed by atoms with E-state index < -0.39 is 0 Å². The molecule has 2 atom stereocenters. The molecule has 0 aromatic carbocycles. The molecule has 88 valence electrons. The molecular weight excluding hydrogens is 224 g/mol. The Balaban J connectivity index is 2.09. The van der Waals surface area contributed by atoms with Crippen molar-refractivity contribution in [1.29, 1.82) is 0 Å². The summed E-state index contributed by atoms with van der Waals surface area (Å²) >= 11 is 5.84. The molecule has 16 heavy (non-hydrogen) atoms. The van der Waals surface area contributed by atoms with Crippen LogP contribution in [0.25, 0.3) is 0 Å². The average molecular weight is 241 g/mol. The smallest absolute Gasteiger partial charge is 0.149 e. The third-order valence-electron chi connectivity index (χ3n) is 3.12. The molecule has 4 nitrogen and oxygen atoms in total. The molecular formula is C11H17ClN4. The van der Waals surface area contributed by atoms with Gasteiger partial charge in [-0.25, -0.2) is 4.98 Å². The van der Waals surface area contributed by atoms with Crippen molar-refractivity contribution < 1.29 is 0 Å². The van der Waals surface area contributed by atoms with Crippen LogP contribution in [0.5, 0.6) is 0 Å². The van der Waals surface area contributed by atoms with E-state index in [2.05, 4.69) is 21.8 Å². The molecule has 0 saturated carbocycles. The van der Waals surface area contributed by atoms with Crippen molar-refractivity contribution in [2.45, 2.75) is 25.8 Å². The molecule has 2 N–H and O–H groups in total. The van der Waals surface area contributed by atoms with Gasteiger partial charge in [0.25, 0.3) is 0 Å². The van der Waals surface area contributed by atoms with Gasteiger partial charge in [0.2, 0.25) is 0 Å². The van der Waals surface area contributed by atoms with Crippen LogP contribution >= 0.6 is 11.6 Å². The summed E-state index contributed by atoms with van der Waals surface area (Å²) in [6.45, 7) is 4.03. The van der Waals surface area contributed by atoms with Crippen LogP contribution in [0.15, 0.2) is 12.4 Å². The number of anilines is 1. The SMILES string of the molecule is CC(N)C1CCCN(c2cncc(Cl)n2)C1. The largest absolute Gasteiger partial charge is 0.355 e. The lowest BCUT2D eigenvalue weighted by atomic mass is 9.92. The van der Waals surface area contributed by atoms with Crippen molar-refractivity contribution in [3.8, 4) is 0 Å². The lowest BCUT2D eigenvalue weighted by Gasteiger charge is -2.35. The zero-order chi connectivity index (χ0) is 11.5. The summed E-state index contributed by atoms with van der Waals surface area (Å²) in [6, 6.07) is 0.231. The van der Waals surface area contributed by atoms with Gasteiger partial charge >= 0.3 is 0 Å². The summed E-state index contributed by atoms with van der Waals surface area (Å²) < 4.78 is 0. The highest BCUT2D eigenvalue weighted by atomic mass is 35.5. The molecule has 1 saturated heterocycles. The Bertz CT molecular complexity index is 356. The van der Waals surface area contributed by atoms with Crippen molar-refractivity contribution in [3.05, 3.63) is 17.5 Å². The molecule has 2 heterocycles. The molecule has 1 aliphatic rings.